The minimum absolute atomic E-state index is 0.447. The van der Waals surface area contributed by atoms with Crippen LogP contribution in [0.1, 0.15) is 5.56 Å². The molecule has 5 heterocycles. The fraction of sp³-hybridized carbons (Fsp3) is 0. The first kappa shape index (κ1) is 43.5. The third-order valence-corrected chi connectivity index (χ3v) is 15.6. The second-order valence-corrected chi connectivity index (χ2v) is 19.9. The molecule has 8 nitrogen and oxygen atoms in total. The van der Waals surface area contributed by atoms with Gasteiger partial charge in [-0.05, 0) is 84.9 Å². The van der Waals surface area contributed by atoms with Gasteiger partial charge in [-0.3, -0.25) is 0 Å². The van der Waals surface area contributed by atoms with Gasteiger partial charge in [0.2, 0.25) is 0 Å². The number of nitrogens with zero attached hydrogens (tertiary/aromatic N) is 8. The van der Waals surface area contributed by atoms with Crippen molar-refractivity contribution in [2.45, 2.75) is 0 Å². The van der Waals surface area contributed by atoms with Gasteiger partial charge in [-0.2, -0.15) is 5.26 Å². The van der Waals surface area contributed by atoms with Crippen LogP contribution in [0.3, 0.4) is 0 Å². The molecule has 0 aliphatic rings. The van der Waals surface area contributed by atoms with Crippen molar-refractivity contribution in [3.8, 4) is 63.0 Å². The Morgan fingerprint density at radius 3 is 1.01 bits per heavy atom. The minimum atomic E-state index is 0.447. The summed E-state index contributed by atoms with van der Waals surface area (Å²) < 4.78 is 9.38. The number of hydrogen-bond donors (Lipinski definition) is 0. The summed E-state index contributed by atoms with van der Waals surface area (Å²) in [5.74, 6) is 1.51. The van der Waals surface area contributed by atoms with Crippen LogP contribution in [-0.2, 0) is 0 Å². The topological polar surface area (TPSA) is 82.2 Å². The number of para-hydroxylation sites is 6. The zero-order valence-corrected chi connectivity index (χ0v) is 41.8. The van der Waals surface area contributed by atoms with Gasteiger partial charge in [-0.15, -0.1) is 0 Å². The Hall–Kier alpha value is -10.9. The quantitative estimate of drug-likeness (QED) is 0.159. The van der Waals surface area contributed by atoms with E-state index in [1.807, 2.05) is 66.7 Å². The summed E-state index contributed by atoms with van der Waals surface area (Å²) in [6.07, 6.45) is 0. The second-order valence-electron chi connectivity index (χ2n) is 19.9. The summed E-state index contributed by atoms with van der Waals surface area (Å²) in [7, 11) is 0. The molecule has 16 aromatic rings. The summed E-state index contributed by atoms with van der Waals surface area (Å²) in [6, 6.07) is 92.1. The zero-order valence-electron chi connectivity index (χ0n) is 41.8. The largest absolute Gasteiger partial charge is 0.309 e. The number of fused-ring (bicyclic) bond motifs is 12. The molecule has 0 amide bonds. The molecule has 0 saturated carbocycles. The van der Waals surface area contributed by atoms with Gasteiger partial charge in [0.25, 0.3) is 0 Å². The van der Waals surface area contributed by atoms with Gasteiger partial charge >= 0.3 is 0 Å². The van der Waals surface area contributed by atoms with Crippen LogP contribution in [0, 0.1) is 11.3 Å². The van der Waals surface area contributed by atoms with Gasteiger partial charge in [-0.25, -0.2) is 15.0 Å². The van der Waals surface area contributed by atoms with Crippen LogP contribution in [0.4, 0.5) is 0 Å². The lowest BCUT2D eigenvalue weighted by molar-refractivity contribution is 1.06. The Morgan fingerprint density at radius 2 is 0.603 bits per heavy atom. The highest BCUT2D eigenvalue weighted by molar-refractivity contribution is 6.21. The molecule has 0 spiro atoms. The molecule has 0 bridgehead atoms. The molecule has 0 aliphatic heterocycles. The molecule has 0 fully saturated rings. The van der Waals surface area contributed by atoms with Crippen LogP contribution in [0.2, 0.25) is 0 Å². The van der Waals surface area contributed by atoms with E-state index in [9.17, 15) is 5.26 Å². The average molecular weight is 995 g/mol. The molecule has 0 radical (unpaired) electrons. The summed E-state index contributed by atoms with van der Waals surface area (Å²) in [4.78, 5) is 15.9. The maximum Gasteiger partial charge on any atom is 0.166 e. The van der Waals surface area contributed by atoms with E-state index in [-0.39, 0.29) is 0 Å². The van der Waals surface area contributed by atoms with Gasteiger partial charge in [-0.1, -0.05) is 170 Å². The summed E-state index contributed by atoms with van der Waals surface area (Å²) in [6.45, 7) is 0. The molecule has 0 saturated heterocycles. The molecule has 5 aromatic heterocycles. The van der Waals surface area contributed by atoms with Crippen LogP contribution >= 0.6 is 0 Å². The van der Waals surface area contributed by atoms with Crippen molar-refractivity contribution in [3.05, 3.63) is 260 Å². The lowest BCUT2D eigenvalue weighted by atomic mass is 10.0. The predicted molar refractivity (Wildman–Crippen MR) is 318 cm³/mol. The molecular weight excluding hydrogens is 953 g/mol. The van der Waals surface area contributed by atoms with Crippen LogP contribution in [0.25, 0.3) is 144 Å². The molecule has 78 heavy (non-hydrogen) atoms. The van der Waals surface area contributed by atoms with Crippen molar-refractivity contribution in [3.63, 3.8) is 0 Å². The first-order valence-electron chi connectivity index (χ1n) is 26.2. The summed E-state index contributed by atoms with van der Waals surface area (Å²) >= 11 is 0. The highest BCUT2D eigenvalue weighted by atomic mass is 15.1. The van der Waals surface area contributed by atoms with Crippen molar-refractivity contribution >= 4 is 87.2 Å². The van der Waals surface area contributed by atoms with E-state index in [1.54, 1.807) is 0 Å². The molecule has 0 atom stereocenters. The van der Waals surface area contributed by atoms with Gasteiger partial charge in [0.1, 0.15) is 6.07 Å². The minimum Gasteiger partial charge on any atom is -0.309 e. The lowest BCUT2D eigenvalue weighted by Gasteiger charge is -2.19. The maximum absolute atomic E-state index is 11.7. The van der Waals surface area contributed by atoms with E-state index >= 15 is 0 Å². The standard InChI is InChI=1S/C70H42N8/c71-43-46-37-57(70-73-68(44-21-5-1-6-22-44)72-69(74-70)45-23-7-2-8-24-45)67(78-61-36-20-16-32-52(61)56-39-54-50-30-14-18-34-59(50)76(64(54)42-66(56)78)48-27-11-4-12-28-48)40-62(46)77-60-35-19-15-31-51(60)55-38-53-49-29-13-17-33-58(49)75(63(53)41-65(55)77)47-25-9-3-10-26-47/h1-42H. The van der Waals surface area contributed by atoms with E-state index in [0.29, 0.717) is 28.6 Å². The first-order valence-corrected chi connectivity index (χ1v) is 26.2. The first-order chi connectivity index (χ1) is 38.7. The molecule has 0 unspecified atom stereocenters. The Labute approximate surface area is 446 Å². The fourth-order valence-electron chi connectivity index (χ4n) is 12.2. The van der Waals surface area contributed by atoms with Crippen molar-refractivity contribution in [2.75, 3.05) is 0 Å². The van der Waals surface area contributed by atoms with E-state index in [0.717, 1.165) is 110 Å². The maximum atomic E-state index is 11.7. The molecule has 362 valence electrons. The normalized spacial score (nSPS) is 11.8. The van der Waals surface area contributed by atoms with Gasteiger partial charge in [0, 0.05) is 71.2 Å². The molecule has 11 aromatic carbocycles. The van der Waals surface area contributed by atoms with Crippen molar-refractivity contribution in [2.24, 2.45) is 0 Å². The lowest BCUT2D eigenvalue weighted by Crippen LogP contribution is -2.07. The van der Waals surface area contributed by atoms with E-state index in [4.69, 9.17) is 15.0 Å². The molecular formula is C70H42N8. The Kier molecular flexibility index (Phi) is 9.53. The fourth-order valence-corrected chi connectivity index (χ4v) is 12.2. The monoisotopic (exact) mass is 994 g/mol. The van der Waals surface area contributed by atoms with Crippen LogP contribution < -0.4 is 0 Å². The Balaban J connectivity index is 1.06. The summed E-state index contributed by atoms with van der Waals surface area (Å²) in [5.41, 5.74) is 14.9. The van der Waals surface area contributed by atoms with Crippen molar-refractivity contribution in [1.82, 2.24) is 33.2 Å². The number of hydrogen-bond acceptors (Lipinski definition) is 4. The third-order valence-electron chi connectivity index (χ3n) is 15.6. The zero-order chi connectivity index (χ0) is 51.4. The van der Waals surface area contributed by atoms with E-state index in [2.05, 4.69) is 212 Å². The third kappa shape index (κ3) is 6.49. The predicted octanol–water partition coefficient (Wildman–Crippen LogP) is 17.1. The molecule has 0 aliphatic carbocycles. The smallest absolute Gasteiger partial charge is 0.166 e. The van der Waals surface area contributed by atoms with Crippen LogP contribution in [0.15, 0.2) is 255 Å². The van der Waals surface area contributed by atoms with Gasteiger partial charge in [0.15, 0.2) is 17.5 Å². The number of rotatable bonds is 7. The number of benzene rings is 11. The SMILES string of the molecule is N#Cc1cc(-c2nc(-c3ccccc3)nc(-c3ccccc3)n2)c(-n2c3ccccc3c3cc4c5ccccc5n(-c5ccccc5)c4cc32)cc1-n1c2ccccc2c2cc3c4ccccc4n(-c4ccccc4)c3cc21. The van der Waals surface area contributed by atoms with E-state index in [1.165, 1.54) is 10.8 Å². The van der Waals surface area contributed by atoms with Crippen molar-refractivity contribution < 1.29 is 0 Å². The van der Waals surface area contributed by atoms with Crippen LogP contribution in [-0.4, -0.2) is 33.2 Å². The molecule has 16 rings (SSSR count). The Bertz CT molecular complexity index is 5080. The van der Waals surface area contributed by atoms with Gasteiger partial charge < -0.3 is 18.3 Å². The average Bonchev–Trinajstić information content (AvgIpc) is 4.24. The van der Waals surface area contributed by atoms with E-state index < -0.39 is 0 Å². The second kappa shape index (κ2) is 17.1. The Morgan fingerprint density at radius 1 is 0.269 bits per heavy atom. The van der Waals surface area contributed by atoms with Crippen molar-refractivity contribution in [1.29, 1.82) is 5.26 Å². The highest BCUT2D eigenvalue weighted by Crippen LogP contribution is 2.45. The highest BCUT2D eigenvalue weighted by Gasteiger charge is 2.26. The number of nitriles is 1. The summed E-state index contributed by atoms with van der Waals surface area (Å²) in [5, 5.41) is 20.8. The van der Waals surface area contributed by atoms with Crippen LogP contribution in [0.5, 0.6) is 0 Å². The molecule has 0 N–H and O–H groups in total. The molecule has 8 heteroatoms. The number of aromatic nitrogens is 7. The van der Waals surface area contributed by atoms with Gasteiger partial charge in [0.05, 0.1) is 61.1 Å².